The zero-order chi connectivity index (χ0) is 53.6. The third-order valence-electron chi connectivity index (χ3n) is 14.9. The summed E-state index contributed by atoms with van der Waals surface area (Å²) in [6.07, 6.45) is 77.6. The van der Waals surface area contributed by atoms with Crippen molar-refractivity contribution in [1.29, 1.82) is 0 Å². The molecule has 0 aliphatic rings. The first kappa shape index (κ1) is 71.6. The molecule has 0 saturated carbocycles. The van der Waals surface area contributed by atoms with Crippen LogP contribution in [0, 0.1) is 0 Å². The van der Waals surface area contributed by atoms with E-state index in [0.717, 1.165) is 83.5 Å². The van der Waals surface area contributed by atoms with Crippen LogP contribution in [0.2, 0.25) is 0 Å². The van der Waals surface area contributed by atoms with E-state index < -0.39 is 6.10 Å². The summed E-state index contributed by atoms with van der Waals surface area (Å²) < 4.78 is 16.9. The average molecular weight is 1040 g/mol. The normalized spacial score (nSPS) is 12.2. The SMILES string of the molecule is CC/C=C\C/C=C\C/C=C\CCCCCCCCCC(=O)OC(COC(=O)CCCCCCCCCCC)COC(=O)CCCCCCCCCCCCCCCCCCCCCCCCCCCCCCCC. The molecular weight excluding hydrogens is 913 g/mol. The van der Waals surface area contributed by atoms with E-state index in [-0.39, 0.29) is 31.1 Å². The van der Waals surface area contributed by atoms with Crippen LogP contribution in [0.25, 0.3) is 0 Å². The van der Waals surface area contributed by atoms with Crippen molar-refractivity contribution in [2.45, 2.75) is 367 Å². The molecule has 0 saturated heterocycles. The van der Waals surface area contributed by atoms with Crippen LogP contribution >= 0.6 is 0 Å². The predicted molar refractivity (Wildman–Crippen MR) is 321 cm³/mol. The van der Waals surface area contributed by atoms with Crippen LogP contribution in [-0.4, -0.2) is 37.2 Å². The lowest BCUT2D eigenvalue weighted by molar-refractivity contribution is -0.167. The number of ether oxygens (including phenoxy) is 3. The summed E-state index contributed by atoms with van der Waals surface area (Å²) in [7, 11) is 0. The van der Waals surface area contributed by atoms with Crippen molar-refractivity contribution in [2.24, 2.45) is 0 Å². The van der Waals surface area contributed by atoms with Crippen molar-refractivity contribution in [3.05, 3.63) is 36.5 Å². The van der Waals surface area contributed by atoms with Crippen molar-refractivity contribution < 1.29 is 28.6 Å². The van der Waals surface area contributed by atoms with Crippen molar-refractivity contribution in [3.63, 3.8) is 0 Å². The number of hydrogen-bond acceptors (Lipinski definition) is 6. The van der Waals surface area contributed by atoms with Gasteiger partial charge in [-0.25, -0.2) is 0 Å². The fourth-order valence-corrected chi connectivity index (χ4v) is 9.99. The van der Waals surface area contributed by atoms with E-state index in [2.05, 4.69) is 57.2 Å². The molecule has 74 heavy (non-hydrogen) atoms. The zero-order valence-electron chi connectivity index (χ0n) is 49.9. The topological polar surface area (TPSA) is 78.9 Å². The molecule has 1 unspecified atom stereocenters. The maximum Gasteiger partial charge on any atom is 0.306 e. The maximum absolute atomic E-state index is 12.9. The van der Waals surface area contributed by atoms with E-state index in [0.29, 0.717) is 19.3 Å². The number of carbonyl (C=O) groups excluding carboxylic acids is 3. The van der Waals surface area contributed by atoms with Crippen LogP contribution in [-0.2, 0) is 28.6 Å². The third-order valence-corrected chi connectivity index (χ3v) is 14.9. The van der Waals surface area contributed by atoms with Gasteiger partial charge in [0.1, 0.15) is 13.2 Å². The van der Waals surface area contributed by atoms with Crippen molar-refractivity contribution in [3.8, 4) is 0 Å². The molecule has 1 atom stereocenters. The van der Waals surface area contributed by atoms with Gasteiger partial charge in [-0.3, -0.25) is 14.4 Å². The Kier molecular flexibility index (Phi) is 61.1. The highest BCUT2D eigenvalue weighted by Crippen LogP contribution is 2.18. The Hall–Kier alpha value is -2.37. The van der Waals surface area contributed by atoms with Gasteiger partial charge in [0, 0.05) is 19.3 Å². The Labute approximate surface area is 461 Å². The fraction of sp³-hybridized carbons (Fsp3) is 0.868. The van der Waals surface area contributed by atoms with Gasteiger partial charge in [0.15, 0.2) is 6.10 Å². The van der Waals surface area contributed by atoms with Gasteiger partial charge in [0.25, 0.3) is 0 Å². The molecule has 6 heteroatoms. The quantitative estimate of drug-likeness (QED) is 0.0261. The highest BCUT2D eigenvalue weighted by Gasteiger charge is 2.19. The summed E-state index contributed by atoms with van der Waals surface area (Å²) in [6, 6.07) is 0. The number of allylic oxidation sites excluding steroid dienone is 6. The third kappa shape index (κ3) is 60.5. The van der Waals surface area contributed by atoms with E-state index in [4.69, 9.17) is 14.2 Å². The number of rotatable bonds is 61. The van der Waals surface area contributed by atoms with Gasteiger partial charge in [-0.05, 0) is 51.4 Å². The van der Waals surface area contributed by atoms with Gasteiger partial charge < -0.3 is 14.2 Å². The van der Waals surface area contributed by atoms with Crippen molar-refractivity contribution in [2.75, 3.05) is 13.2 Å². The van der Waals surface area contributed by atoms with Gasteiger partial charge in [-0.1, -0.05) is 327 Å². The highest BCUT2D eigenvalue weighted by molar-refractivity contribution is 5.71. The Bertz CT molecular complexity index is 1240. The first-order valence-electron chi connectivity index (χ1n) is 33.0. The van der Waals surface area contributed by atoms with Gasteiger partial charge in [-0.15, -0.1) is 0 Å². The number of carbonyl (C=O) groups is 3. The van der Waals surface area contributed by atoms with Gasteiger partial charge >= 0.3 is 17.9 Å². The Morgan fingerprint density at radius 2 is 0.527 bits per heavy atom. The minimum Gasteiger partial charge on any atom is -0.462 e. The van der Waals surface area contributed by atoms with Gasteiger partial charge in [0.2, 0.25) is 0 Å². The first-order valence-corrected chi connectivity index (χ1v) is 33.0. The van der Waals surface area contributed by atoms with Crippen LogP contribution in [0.1, 0.15) is 361 Å². The van der Waals surface area contributed by atoms with E-state index in [1.54, 1.807) is 0 Å². The number of hydrogen-bond donors (Lipinski definition) is 0. The Balaban J connectivity index is 4.06. The lowest BCUT2D eigenvalue weighted by Crippen LogP contribution is -2.30. The summed E-state index contributed by atoms with van der Waals surface area (Å²) in [5.41, 5.74) is 0. The molecule has 0 aliphatic heterocycles. The lowest BCUT2D eigenvalue weighted by Gasteiger charge is -2.18. The molecule has 0 radical (unpaired) electrons. The fourth-order valence-electron chi connectivity index (χ4n) is 9.99. The molecule has 6 nitrogen and oxygen atoms in total. The molecule has 0 aromatic rings. The molecule has 0 fully saturated rings. The molecule has 0 bridgehead atoms. The average Bonchev–Trinajstić information content (AvgIpc) is 3.40. The molecule has 0 aliphatic carbocycles. The van der Waals surface area contributed by atoms with Crippen LogP contribution in [0.15, 0.2) is 36.5 Å². The smallest absolute Gasteiger partial charge is 0.306 e. The largest absolute Gasteiger partial charge is 0.462 e. The van der Waals surface area contributed by atoms with E-state index in [9.17, 15) is 14.4 Å². The van der Waals surface area contributed by atoms with Gasteiger partial charge in [-0.2, -0.15) is 0 Å². The molecule has 0 N–H and O–H groups in total. The monoisotopic (exact) mass is 1040 g/mol. The Morgan fingerprint density at radius 1 is 0.284 bits per heavy atom. The van der Waals surface area contributed by atoms with E-state index in [1.807, 2.05) is 0 Å². The van der Waals surface area contributed by atoms with E-state index >= 15 is 0 Å². The van der Waals surface area contributed by atoms with Crippen molar-refractivity contribution in [1.82, 2.24) is 0 Å². The standard InChI is InChI=1S/C68H126O6/c1-4-7-10-13-16-19-21-23-25-27-28-29-30-31-32-33-34-35-36-37-38-39-41-42-44-46-49-52-55-58-61-67(70)73-64-65(63-72-66(69)60-57-54-51-48-18-15-12-9-6-3)74-68(71)62-59-56-53-50-47-45-43-40-26-24-22-20-17-14-11-8-5-2/h8,11,17,20,24,26,65H,4-7,9-10,12-16,18-19,21-23,25,27-64H2,1-3H3/b11-8-,20-17-,26-24-. The second kappa shape index (κ2) is 63.2. The molecule has 434 valence electrons. The second-order valence-corrected chi connectivity index (χ2v) is 22.4. The maximum atomic E-state index is 12.9. The van der Waals surface area contributed by atoms with Crippen molar-refractivity contribution >= 4 is 17.9 Å². The summed E-state index contributed by atoms with van der Waals surface area (Å²) in [4.78, 5) is 38.1. The molecule has 0 heterocycles. The van der Waals surface area contributed by atoms with Gasteiger partial charge in [0.05, 0.1) is 0 Å². The minimum absolute atomic E-state index is 0.0714. The van der Waals surface area contributed by atoms with Crippen LogP contribution < -0.4 is 0 Å². The summed E-state index contributed by atoms with van der Waals surface area (Å²) in [5.74, 6) is -0.863. The lowest BCUT2D eigenvalue weighted by atomic mass is 10.0. The molecule has 0 aromatic carbocycles. The van der Waals surface area contributed by atoms with E-state index in [1.165, 1.54) is 238 Å². The highest BCUT2D eigenvalue weighted by atomic mass is 16.6. The minimum atomic E-state index is -0.773. The molecule has 0 spiro atoms. The molecule has 0 amide bonds. The summed E-state index contributed by atoms with van der Waals surface area (Å²) >= 11 is 0. The Morgan fingerprint density at radius 3 is 0.824 bits per heavy atom. The van der Waals surface area contributed by atoms with Crippen LogP contribution in [0.4, 0.5) is 0 Å². The molecule has 0 aromatic heterocycles. The molecular formula is C68H126O6. The predicted octanol–water partition coefficient (Wildman–Crippen LogP) is 22.4. The summed E-state index contributed by atoms with van der Waals surface area (Å²) in [6.45, 7) is 6.56. The number of unbranched alkanes of at least 4 members (excludes halogenated alkanes) is 44. The summed E-state index contributed by atoms with van der Waals surface area (Å²) in [5, 5.41) is 0. The van der Waals surface area contributed by atoms with Crippen LogP contribution in [0.3, 0.4) is 0 Å². The zero-order valence-corrected chi connectivity index (χ0v) is 49.9. The molecule has 0 rings (SSSR count). The first-order chi connectivity index (χ1) is 36.5. The van der Waals surface area contributed by atoms with Crippen LogP contribution in [0.5, 0.6) is 0 Å². The second-order valence-electron chi connectivity index (χ2n) is 22.4. The number of esters is 3.